The SMILES string of the molecule is CCOC(=O)N1CCN(C(=O)C(Cc2nc[nH]n2)NC(=O)c2cc(OC)c3ccccc3n2)CC1. The standard InChI is InChI=1S/C23H27N7O5/c1-3-35-23(33)30-10-8-29(9-11-30)22(32)18(13-20-24-14-25-28-20)27-21(31)17-12-19(34-2)15-6-4-5-7-16(15)26-17/h4-7,12,14,18H,3,8-11,13H2,1-2H3,(H,27,31)(H,24,25,28). The molecule has 1 unspecified atom stereocenters. The van der Waals surface area contributed by atoms with Gasteiger partial charge in [0.05, 0.1) is 19.2 Å². The lowest BCUT2D eigenvalue weighted by Gasteiger charge is -2.35. The first-order chi connectivity index (χ1) is 17.0. The number of carbonyl (C=O) groups excluding carboxylic acids is 3. The van der Waals surface area contributed by atoms with Crippen molar-refractivity contribution in [1.29, 1.82) is 0 Å². The molecule has 3 heterocycles. The molecule has 0 aliphatic carbocycles. The van der Waals surface area contributed by atoms with E-state index in [2.05, 4.69) is 25.5 Å². The lowest BCUT2D eigenvalue weighted by molar-refractivity contribution is -0.134. The van der Waals surface area contributed by atoms with Crippen molar-refractivity contribution in [2.75, 3.05) is 39.9 Å². The molecule has 1 aliphatic rings. The predicted octanol–water partition coefficient (Wildman–Crippen LogP) is 1.00. The lowest BCUT2D eigenvalue weighted by Crippen LogP contribution is -2.56. The summed E-state index contributed by atoms with van der Waals surface area (Å²) in [7, 11) is 1.52. The number of aromatic nitrogens is 4. The predicted molar refractivity (Wildman–Crippen MR) is 125 cm³/mol. The molecule has 3 aromatic rings. The minimum Gasteiger partial charge on any atom is -0.496 e. The smallest absolute Gasteiger partial charge is 0.409 e. The first kappa shape index (κ1) is 23.9. The van der Waals surface area contributed by atoms with Crippen molar-refractivity contribution >= 4 is 28.8 Å². The number of carbonyl (C=O) groups is 3. The van der Waals surface area contributed by atoms with Crippen LogP contribution in [0.5, 0.6) is 5.75 Å². The maximum absolute atomic E-state index is 13.4. The molecule has 3 amide bonds. The number of hydrogen-bond acceptors (Lipinski definition) is 8. The van der Waals surface area contributed by atoms with E-state index in [1.54, 1.807) is 28.9 Å². The third kappa shape index (κ3) is 5.48. The van der Waals surface area contributed by atoms with Crippen molar-refractivity contribution in [3.8, 4) is 5.75 Å². The maximum Gasteiger partial charge on any atom is 0.409 e. The quantitative estimate of drug-likeness (QED) is 0.509. The van der Waals surface area contributed by atoms with Gasteiger partial charge >= 0.3 is 6.09 Å². The second-order valence-electron chi connectivity index (χ2n) is 7.88. The van der Waals surface area contributed by atoms with Crippen LogP contribution < -0.4 is 10.1 Å². The van der Waals surface area contributed by atoms with Crippen molar-refractivity contribution in [2.45, 2.75) is 19.4 Å². The summed E-state index contributed by atoms with van der Waals surface area (Å²) in [6, 6.07) is 7.94. The molecule has 0 spiro atoms. The average Bonchev–Trinajstić information content (AvgIpc) is 3.40. The second kappa shape index (κ2) is 10.8. The summed E-state index contributed by atoms with van der Waals surface area (Å²) in [6.45, 7) is 3.36. The van der Waals surface area contributed by atoms with Gasteiger partial charge in [-0.2, -0.15) is 5.10 Å². The van der Waals surface area contributed by atoms with E-state index in [1.165, 1.54) is 13.4 Å². The van der Waals surface area contributed by atoms with Gasteiger partial charge in [0.1, 0.15) is 23.8 Å². The van der Waals surface area contributed by atoms with Gasteiger partial charge in [-0.3, -0.25) is 14.7 Å². The highest BCUT2D eigenvalue weighted by molar-refractivity contribution is 5.99. The number of ether oxygens (including phenoxy) is 2. The molecule has 2 aromatic heterocycles. The van der Waals surface area contributed by atoms with Crippen LogP contribution in [0.25, 0.3) is 10.9 Å². The van der Waals surface area contributed by atoms with Crippen molar-refractivity contribution in [1.82, 2.24) is 35.3 Å². The van der Waals surface area contributed by atoms with E-state index < -0.39 is 18.0 Å². The minimum absolute atomic E-state index is 0.0941. The Morgan fingerprint density at radius 3 is 2.57 bits per heavy atom. The van der Waals surface area contributed by atoms with Gasteiger partial charge in [0.25, 0.3) is 5.91 Å². The van der Waals surface area contributed by atoms with Gasteiger partial charge < -0.3 is 24.6 Å². The summed E-state index contributed by atoms with van der Waals surface area (Å²) in [5.41, 5.74) is 0.726. The Morgan fingerprint density at radius 2 is 1.89 bits per heavy atom. The number of hydrogen-bond donors (Lipinski definition) is 2. The van der Waals surface area contributed by atoms with Gasteiger partial charge in [-0.05, 0) is 19.1 Å². The minimum atomic E-state index is -0.924. The molecule has 184 valence electrons. The molecule has 1 atom stereocenters. The Hall–Kier alpha value is -4.22. The van der Waals surface area contributed by atoms with E-state index in [9.17, 15) is 14.4 Å². The van der Waals surface area contributed by atoms with Crippen LogP contribution in [0, 0.1) is 0 Å². The summed E-state index contributed by atoms with van der Waals surface area (Å²) >= 11 is 0. The third-order valence-corrected chi connectivity index (χ3v) is 5.70. The monoisotopic (exact) mass is 481 g/mol. The van der Waals surface area contributed by atoms with Crippen LogP contribution in [-0.4, -0.2) is 93.8 Å². The van der Waals surface area contributed by atoms with E-state index in [0.717, 1.165) is 5.39 Å². The fourth-order valence-corrected chi connectivity index (χ4v) is 3.92. The van der Waals surface area contributed by atoms with Crippen molar-refractivity contribution in [2.24, 2.45) is 0 Å². The topological polar surface area (TPSA) is 143 Å². The Bertz CT molecular complexity index is 1190. The molecule has 0 radical (unpaired) electrons. The van der Waals surface area contributed by atoms with E-state index in [0.29, 0.717) is 43.3 Å². The summed E-state index contributed by atoms with van der Waals surface area (Å²) in [5.74, 6) is 0.0815. The van der Waals surface area contributed by atoms with Crippen LogP contribution in [0.4, 0.5) is 4.79 Å². The number of benzene rings is 1. The molecule has 35 heavy (non-hydrogen) atoms. The van der Waals surface area contributed by atoms with Gasteiger partial charge in [-0.1, -0.05) is 12.1 Å². The number of nitrogens with zero attached hydrogens (tertiary/aromatic N) is 5. The number of pyridine rings is 1. The molecule has 2 N–H and O–H groups in total. The lowest BCUT2D eigenvalue weighted by atomic mass is 10.1. The number of aromatic amines is 1. The number of amides is 3. The molecule has 0 bridgehead atoms. The number of fused-ring (bicyclic) bond motifs is 1. The summed E-state index contributed by atoms with van der Waals surface area (Å²) in [4.78, 5) is 50.3. The van der Waals surface area contributed by atoms with Gasteiger partial charge in [0.15, 0.2) is 5.82 Å². The van der Waals surface area contributed by atoms with Crippen LogP contribution in [0.3, 0.4) is 0 Å². The average molecular weight is 482 g/mol. The highest BCUT2D eigenvalue weighted by Gasteiger charge is 2.31. The molecule has 1 aliphatic heterocycles. The zero-order chi connectivity index (χ0) is 24.8. The molecule has 1 fully saturated rings. The highest BCUT2D eigenvalue weighted by Crippen LogP contribution is 2.25. The molecule has 12 heteroatoms. The first-order valence-corrected chi connectivity index (χ1v) is 11.3. The molecular weight excluding hydrogens is 454 g/mol. The van der Waals surface area contributed by atoms with Gasteiger partial charge in [0, 0.05) is 44.1 Å². The van der Waals surface area contributed by atoms with Crippen LogP contribution in [0.15, 0.2) is 36.7 Å². The number of methoxy groups -OCH3 is 1. The Kier molecular flexibility index (Phi) is 7.38. The Balaban J connectivity index is 1.51. The summed E-state index contributed by atoms with van der Waals surface area (Å²) in [5, 5.41) is 10.2. The fourth-order valence-electron chi connectivity index (χ4n) is 3.92. The van der Waals surface area contributed by atoms with Crippen molar-refractivity contribution < 1.29 is 23.9 Å². The van der Waals surface area contributed by atoms with Crippen molar-refractivity contribution in [3.63, 3.8) is 0 Å². The summed E-state index contributed by atoms with van der Waals surface area (Å²) < 4.78 is 10.5. The van der Waals surface area contributed by atoms with Gasteiger partial charge in [-0.25, -0.2) is 14.8 Å². The van der Waals surface area contributed by atoms with E-state index in [1.807, 2.05) is 18.2 Å². The highest BCUT2D eigenvalue weighted by atomic mass is 16.6. The number of nitrogens with one attached hydrogen (secondary N) is 2. The Morgan fingerprint density at radius 1 is 1.14 bits per heavy atom. The van der Waals surface area contributed by atoms with Crippen molar-refractivity contribution in [3.05, 3.63) is 48.2 Å². The maximum atomic E-state index is 13.4. The van der Waals surface area contributed by atoms with E-state index in [-0.39, 0.29) is 24.6 Å². The molecule has 4 rings (SSSR count). The largest absolute Gasteiger partial charge is 0.496 e. The first-order valence-electron chi connectivity index (χ1n) is 11.3. The number of para-hydroxylation sites is 1. The second-order valence-corrected chi connectivity index (χ2v) is 7.88. The molecular formula is C23H27N7O5. The van der Waals surface area contributed by atoms with Gasteiger partial charge in [0.2, 0.25) is 5.91 Å². The van der Waals surface area contributed by atoms with E-state index >= 15 is 0 Å². The van der Waals surface area contributed by atoms with Crippen LogP contribution in [-0.2, 0) is 16.0 Å². The number of rotatable bonds is 7. The Labute approximate surface area is 201 Å². The number of piperazine rings is 1. The summed E-state index contributed by atoms with van der Waals surface area (Å²) in [6.07, 6.45) is 1.10. The molecule has 0 saturated carbocycles. The van der Waals surface area contributed by atoms with Gasteiger partial charge in [-0.15, -0.1) is 0 Å². The van der Waals surface area contributed by atoms with Crippen LogP contribution >= 0.6 is 0 Å². The fraction of sp³-hybridized carbons (Fsp3) is 0.391. The van der Waals surface area contributed by atoms with E-state index in [4.69, 9.17) is 9.47 Å². The molecule has 1 saturated heterocycles. The normalized spacial score (nSPS) is 14.5. The zero-order valence-corrected chi connectivity index (χ0v) is 19.6. The third-order valence-electron chi connectivity index (χ3n) is 5.70. The van der Waals surface area contributed by atoms with Crippen LogP contribution in [0.2, 0.25) is 0 Å². The van der Waals surface area contributed by atoms with Crippen LogP contribution in [0.1, 0.15) is 23.2 Å². The molecule has 1 aromatic carbocycles. The molecule has 12 nitrogen and oxygen atoms in total. The zero-order valence-electron chi connectivity index (χ0n) is 19.6. The number of H-pyrrole nitrogens is 1.